The zero-order valence-corrected chi connectivity index (χ0v) is 11.0. The van der Waals surface area contributed by atoms with Crippen molar-refractivity contribution in [3.05, 3.63) is 16.4 Å². The van der Waals surface area contributed by atoms with Gasteiger partial charge in [0.05, 0.1) is 16.4 Å². The number of aryl methyl sites for hydroxylation is 2. The molecule has 1 aromatic rings. The van der Waals surface area contributed by atoms with E-state index in [1.54, 1.807) is 7.11 Å². The van der Waals surface area contributed by atoms with Gasteiger partial charge >= 0.3 is 0 Å². The van der Waals surface area contributed by atoms with Crippen molar-refractivity contribution in [3.8, 4) is 0 Å². The maximum absolute atomic E-state index is 6.22. The number of hydrogen-bond donors (Lipinski definition) is 1. The van der Waals surface area contributed by atoms with Crippen LogP contribution in [0, 0.1) is 0 Å². The molecule has 0 aliphatic rings. The van der Waals surface area contributed by atoms with Crippen molar-refractivity contribution < 1.29 is 4.74 Å². The molecule has 0 aliphatic carbocycles. The standard InChI is InChI=1S/C11H20ClN3O/c1-4-9-11(12)10(15(2)14-9)8-13-6-5-7-16-3/h13H,4-8H2,1-3H3. The molecule has 0 unspecified atom stereocenters. The lowest BCUT2D eigenvalue weighted by Gasteiger charge is -2.05. The molecule has 4 nitrogen and oxygen atoms in total. The highest BCUT2D eigenvalue weighted by Crippen LogP contribution is 2.20. The number of hydrogen-bond acceptors (Lipinski definition) is 3. The van der Waals surface area contributed by atoms with Gasteiger partial charge in [-0.3, -0.25) is 4.68 Å². The third-order valence-corrected chi connectivity index (χ3v) is 2.93. The maximum Gasteiger partial charge on any atom is 0.0863 e. The van der Waals surface area contributed by atoms with Crippen LogP contribution in [-0.4, -0.2) is 30.0 Å². The summed E-state index contributed by atoms with van der Waals surface area (Å²) in [5.41, 5.74) is 2.02. The average Bonchev–Trinajstić information content (AvgIpc) is 2.55. The van der Waals surface area contributed by atoms with Gasteiger partial charge in [-0.05, 0) is 19.4 Å². The Morgan fingerprint density at radius 2 is 2.25 bits per heavy atom. The number of ether oxygens (including phenoxy) is 1. The van der Waals surface area contributed by atoms with Gasteiger partial charge in [0.1, 0.15) is 0 Å². The highest BCUT2D eigenvalue weighted by Gasteiger charge is 2.11. The first-order valence-corrected chi connectivity index (χ1v) is 5.98. The number of aromatic nitrogens is 2. The summed E-state index contributed by atoms with van der Waals surface area (Å²) in [4.78, 5) is 0. The average molecular weight is 246 g/mol. The zero-order chi connectivity index (χ0) is 12.0. The number of nitrogens with zero attached hydrogens (tertiary/aromatic N) is 2. The molecule has 0 aliphatic heterocycles. The summed E-state index contributed by atoms with van der Waals surface area (Å²) in [7, 11) is 3.64. The summed E-state index contributed by atoms with van der Waals surface area (Å²) >= 11 is 6.22. The van der Waals surface area contributed by atoms with Gasteiger partial charge < -0.3 is 10.1 Å². The van der Waals surface area contributed by atoms with E-state index in [9.17, 15) is 0 Å². The molecule has 0 bridgehead atoms. The molecule has 1 N–H and O–H groups in total. The van der Waals surface area contributed by atoms with Crippen LogP contribution in [0.5, 0.6) is 0 Å². The minimum Gasteiger partial charge on any atom is -0.385 e. The van der Waals surface area contributed by atoms with E-state index in [1.165, 1.54) is 0 Å². The monoisotopic (exact) mass is 245 g/mol. The third-order valence-electron chi connectivity index (χ3n) is 2.50. The van der Waals surface area contributed by atoms with Gasteiger partial charge in [0, 0.05) is 27.3 Å². The molecule has 5 heteroatoms. The summed E-state index contributed by atoms with van der Waals surface area (Å²) in [6, 6.07) is 0. The first-order chi connectivity index (χ1) is 7.70. The van der Waals surface area contributed by atoms with Crippen molar-refractivity contribution in [3.63, 3.8) is 0 Å². The van der Waals surface area contributed by atoms with Gasteiger partial charge in [-0.1, -0.05) is 18.5 Å². The van der Waals surface area contributed by atoms with Crippen LogP contribution < -0.4 is 5.32 Å². The Kier molecular flexibility index (Phi) is 5.80. The van der Waals surface area contributed by atoms with Crippen LogP contribution in [0.25, 0.3) is 0 Å². The molecule has 1 heterocycles. The van der Waals surface area contributed by atoms with E-state index in [4.69, 9.17) is 16.3 Å². The largest absolute Gasteiger partial charge is 0.385 e. The second kappa shape index (κ2) is 6.89. The predicted octanol–water partition coefficient (Wildman–Crippen LogP) is 1.76. The van der Waals surface area contributed by atoms with Crippen molar-refractivity contribution >= 4 is 11.6 Å². The number of rotatable bonds is 7. The fourth-order valence-electron chi connectivity index (χ4n) is 1.56. The van der Waals surface area contributed by atoms with Crippen LogP contribution in [0.1, 0.15) is 24.7 Å². The van der Waals surface area contributed by atoms with Crippen molar-refractivity contribution in [2.75, 3.05) is 20.3 Å². The Hall–Kier alpha value is -0.580. The highest BCUT2D eigenvalue weighted by atomic mass is 35.5. The topological polar surface area (TPSA) is 39.1 Å². The maximum atomic E-state index is 6.22. The number of methoxy groups -OCH3 is 1. The summed E-state index contributed by atoms with van der Waals surface area (Å²) in [5.74, 6) is 0. The van der Waals surface area contributed by atoms with Crippen LogP contribution >= 0.6 is 11.6 Å². The molecule has 0 amide bonds. The fraction of sp³-hybridized carbons (Fsp3) is 0.727. The van der Waals surface area contributed by atoms with Gasteiger partial charge in [0.2, 0.25) is 0 Å². The Morgan fingerprint density at radius 1 is 1.50 bits per heavy atom. The number of halogens is 1. The lowest BCUT2D eigenvalue weighted by Crippen LogP contribution is -2.18. The van der Waals surface area contributed by atoms with Gasteiger partial charge in [-0.25, -0.2) is 0 Å². The first kappa shape index (κ1) is 13.5. The summed E-state index contributed by atoms with van der Waals surface area (Å²) in [6.07, 6.45) is 1.88. The van der Waals surface area contributed by atoms with Crippen molar-refractivity contribution in [1.82, 2.24) is 15.1 Å². The van der Waals surface area contributed by atoms with E-state index in [-0.39, 0.29) is 0 Å². The third kappa shape index (κ3) is 3.47. The van der Waals surface area contributed by atoms with Crippen molar-refractivity contribution in [1.29, 1.82) is 0 Å². The SMILES string of the molecule is CCc1nn(C)c(CNCCCOC)c1Cl. The lowest BCUT2D eigenvalue weighted by atomic mass is 10.3. The van der Waals surface area contributed by atoms with E-state index in [2.05, 4.69) is 17.3 Å². The molecule has 1 aromatic heterocycles. The van der Waals surface area contributed by atoms with E-state index >= 15 is 0 Å². The summed E-state index contributed by atoms with van der Waals surface area (Å²) in [6.45, 7) is 4.53. The molecular weight excluding hydrogens is 226 g/mol. The molecule has 0 radical (unpaired) electrons. The van der Waals surface area contributed by atoms with E-state index in [0.717, 1.165) is 48.9 Å². The second-order valence-electron chi connectivity index (χ2n) is 3.71. The van der Waals surface area contributed by atoms with Crippen LogP contribution in [0.15, 0.2) is 0 Å². The van der Waals surface area contributed by atoms with Crippen LogP contribution in [0.4, 0.5) is 0 Å². The van der Waals surface area contributed by atoms with Gasteiger partial charge in [0.15, 0.2) is 0 Å². The minimum atomic E-state index is 0.756. The highest BCUT2D eigenvalue weighted by molar-refractivity contribution is 6.31. The minimum absolute atomic E-state index is 0.756. The van der Waals surface area contributed by atoms with Crippen LogP contribution in [0.3, 0.4) is 0 Å². The Balaban J connectivity index is 2.44. The van der Waals surface area contributed by atoms with Gasteiger partial charge in [0.25, 0.3) is 0 Å². The first-order valence-electron chi connectivity index (χ1n) is 5.60. The Morgan fingerprint density at radius 3 is 2.81 bits per heavy atom. The summed E-state index contributed by atoms with van der Waals surface area (Å²) < 4.78 is 6.83. The fourth-order valence-corrected chi connectivity index (χ4v) is 1.92. The van der Waals surface area contributed by atoms with Crippen molar-refractivity contribution in [2.45, 2.75) is 26.3 Å². The van der Waals surface area contributed by atoms with Gasteiger partial charge in [-0.2, -0.15) is 5.10 Å². The quantitative estimate of drug-likeness (QED) is 0.744. The molecule has 0 saturated carbocycles. The Bertz CT molecular complexity index is 325. The van der Waals surface area contributed by atoms with E-state index in [1.807, 2.05) is 11.7 Å². The normalized spacial score (nSPS) is 11.0. The molecule has 92 valence electrons. The summed E-state index contributed by atoms with van der Waals surface area (Å²) in [5, 5.41) is 8.49. The van der Waals surface area contributed by atoms with E-state index in [0.29, 0.717) is 0 Å². The molecule has 1 rings (SSSR count). The molecule has 0 saturated heterocycles. The van der Waals surface area contributed by atoms with E-state index < -0.39 is 0 Å². The number of nitrogens with one attached hydrogen (secondary N) is 1. The zero-order valence-electron chi connectivity index (χ0n) is 10.2. The molecule has 0 atom stereocenters. The molecular formula is C11H20ClN3O. The second-order valence-corrected chi connectivity index (χ2v) is 4.09. The predicted molar refractivity (Wildman–Crippen MR) is 65.8 cm³/mol. The lowest BCUT2D eigenvalue weighted by molar-refractivity contribution is 0.194. The van der Waals surface area contributed by atoms with Crippen molar-refractivity contribution in [2.24, 2.45) is 7.05 Å². The molecule has 0 fully saturated rings. The van der Waals surface area contributed by atoms with Crippen LogP contribution in [-0.2, 0) is 24.8 Å². The van der Waals surface area contributed by atoms with Crippen LogP contribution in [0.2, 0.25) is 5.02 Å². The smallest absolute Gasteiger partial charge is 0.0863 e. The molecule has 0 spiro atoms. The molecule has 16 heavy (non-hydrogen) atoms. The molecule has 0 aromatic carbocycles. The van der Waals surface area contributed by atoms with Gasteiger partial charge in [-0.15, -0.1) is 0 Å². The Labute approximate surface area is 102 Å².